The number of imide groups is 1. The van der Waals surface area contributed by atoms with Crippen molar-refractivity contribution in [1.29, 1.82) is 0 Å². The number of rotatable bonds is 10. The molecule has 1 aliphatic heterocycles. The Morgan fingerprint density at radius 1 is 1.03 bits per heavy atom. The minimum atomic E-state index is -1.51. The fourth-order valence-corrected chi connectivity index (χ4v) is 4.13. The number of amides is 3. The van der Waals surface area contributed by atoms with Crippen molar-refractivity contribution < 1.29 is 34.5 Å². The second-order valence-corrected chi connectivity index (χ2v) is 7.97. The Labute approximate surface area is 180 Å². The number of hydrogen-bond donors (Lipinski definition) is 5. The van der Waals surface area contributed by atoms with E-state index in [9.17, 15) is 24.3 Å². The smallest absolute Gasteiger partial charge is 0.329 e. The lowest BCUT2D eigenvalue weighted by atomic mass is 9.93. The van der Waals surface area contributed by atoms with Crippen LogP contribution in [0.25, 0.3) is 0 Å². The van der Waals surface area contributed by atoms with Crippen LogP contribution in [0.1, 0.15) is 57.8 Å². The van der Waals surface area contributed by atoms with Gasteiger partial charge in [0.2, 0.25) is 0 Å². The molecule has 0 aromatic heterocycles. The number of carbonyl (C=O) groups excluding carboxylic acids is 2. The van der Waals surface area contributed by atoms with Gasteiger partial charge in [0.1, 0.15) is 6.54 Å². The number of carboxylic acids is 2. The molecule has 1 saturated heterocycles. The van der Waals surface area contributed by atoms with Crippen molar-refractivity contribution in [2.75, 3.05) is 13.1 Å². The van der Waals surface area contributed by atoms with Gasteiger partial charge in [-0.3, -0.25) is 24.2 Å². The van der Waals surface area contributed by atoms with Crippen molar-refractivity contribution in [2.24, 2.45) is 0 Å². The molecule has 1 unspecified atom stereocenters. The lowest BCUT2D eigenvalue weighted by molar-refractivity contribution is -0.137. The topological polar surface area (TPSA) is 147 Å². The summed E-state index contributed by atoms with van der Waals surface area (Å²) in [5.74, 6) is -2.78. The molecule has 0 spiro atoms. The van der Waals surface area contributed by atoms with Crippen LogP contribution in [0.5, 0.6) is 0 Å². The number of carbonyl (C=O) groups is 4. The normalized spacial score (nSPS) is 22.3. The Kier molecular flexibility index (Phi) is 8.97. The van der Waals surface area contributed by atoms with E-state index < -0.39 is 36.6 Å². The van der Waals surface area contributed by atoms with Crippen molar-refractivity contribution in [3.8, 4) is 0 Å². The number of nitrogens with one attached hydrogen (secondary N) is 1. The number of urea groups is 1. The Bertz CT molecular complexity index is 706. The zero-order valence-electron chi connectivity index (χ0n) is 16.7. The molecule has 2 rings (SSSR count). The van der Waals surface area contributed by atoms with Crippen molar-refractivity contribution >= 4 is 36.5 Å². The molecule has 2 aliphatic rings. The second kappa shape index (κ2) is 11.2. The molecule has 11 heteroatoms. The first-order chi connectivity index (χ1) is 14.2. The van der Waals surface area contributed by atoms with Gasteiger partial charge in [0.15, 0.2) is 6.23 Å². The van der Waals surface area contributed by atoms with E-state index in [1.54, 1.807) is 0 Å². The van der Waals surface area contributed by atoms with Gasteiger partial charge in [-0.25, -0.2) is 4.79 Å². The van der Waals surface area contributed by atoms with Gasteiger partial charge >= 0.3 is 18.0 Å². The molecule has 1 saturated carbocycles. The molecule has 30 heavy (non-hydrogen) atoms. The van der Waals surface area contributed by atoms with E-state index in [4.69, 9.17) is 10.2 Å². The summed E-state index contributed by atoms with van der Waals surface area (Å²) in [6, 6.07) is -0.805. The molecule has 0 aromatic rings. The van der Waals surface area contributed by atoms with Crippen LogP contribution >= 0.6 is 12.6 Å². The Morgan fingerprint density at radius 2 is 1.70 bits per heavy atom. The highest BCUT2D eigenvalue weighted by Crippen LogP contribution is 2.32. The molecule has 3 amide bonds. The number of hydrogen-bond acceptors (Lipinski definition) is 7. The van der Waals surface area contributed by atoms with Crippen molar-refractivity contribution in [2.45, 2.75) is 70.1 Å². The minimum absolute atomic E-state index is 0.0137. The average molecular weight is 444 g/mol. The van der Waals surface area contributed by atoms with E-state index >= 15 is 0 Å². The quantitative estimate of drug-likeness (QED) is 0.193. The standard InChI is InChI=1S/C19H29N3O7S/c23-13(24)9-5-2-6-10-21-17(27)15(16(30)20-11-14(25)26)18(28)22(19(21)29)12-7-3-1-4-8-12/h12,18,20,28,30H,1-11H2,(H,23,24)(H,25,26). The maximum Gasteiger partial charge on any atom is 0.329 e. The van der Waals surface area contributed by atoms with Crippen LogP contribution in [0.4, 0.5) is 4.79 Å². The average Bonchev–Trinajstić information content (AvgIpc) is 2.69. The van der Waals surface area contributed by atoms with Crippen LogP contribution in [-0.4, -0.2) is 74.4 Å². The van der Waals surface area contributed by atoms with Crippen molar-refractivity contribution in [3.05, 3.63) is 10.6 Å². The Morgan fingerprint density at radius 3 is 2.30 bits per heavy atom. The number of unbranched alkanes of at least 4 members (excludes halogenated alkanes) is 2. The molecular formula is C19H29N3O7S. The lowest BCUT2D eigenvalue weighted by Gasteiger charge is -2.44. The summed E-state index contributed by atoms with van der Waals surface area (Å²) in [5.41, 5.74) is -0.157. The molecule has 0 aromatic carbocycles. The predicted molar refractivity (Wildman–Crippen MR) is 110 cm³/mol. The van der Waals surface area contributed by atoms with Gasteiger partial charge in [0.25, 0.3) is 5.91 Å². The highest BCUT2D eigenvalue weighted by molar-refractivity contribution is 7.84. The third kappa shape index (κ3) is 6.11. The fourth-order valence-electron chi connectivity index (χ4n) is 3.84. The number of aliphatic carboxylic acids is 2. The molecule has 0 radical (unpaired) electrons. The van der Waals surface area contributed by atoms with Gasteiger partial charge in [-0.2, -0.15) is 0 Å². The van der Waals surface area contributed by atoms with Crippen LogP contribution in [0, 0.1) is 0 Å². The highest BCUT2D eigenvalue weighted by Gasteiger charge is 2.45. The van der Waals surface area contributed by atoms with Crippen LogP contribution < -0.4 is 5.32 Å². The summed E-state index contributed by atoms with van der Waals surface area (Å²) in [7, 11) is 0. The summed E-state index contributed by atoms with van der Waals surface area (Å²) in [5, 5.41) is 30.8. The van der Waals surface area contributed by atoms with Crippen molar-refractivity contribution in [3.63, 3.8) is 0 Å². The first kappa shape index (κ1) is 24.0. The third-order valence-electron chi connectivity index (χ3n) is 5.35. The SMILES string of the molecule is O=C(O)CCCCCN1C(=O)C(=C(S)NCC(=O)O)C(O)N(C2CCCCC2)C1=O. The van der Waals surface area contributed by atoms with Gasteiger partial charge < -0.3 is 20.6 Å². The highest BCUT2D eigenvalue weighted by atomic mass is 32.1. The molecule has 0 bridgehead atoms. The summed E-state index contributed by atoms with van der Waals surface area (Å²) >= 11 is 4.18. The largest absolute Gasteiger partial charge is 0.481 e. The molecule has 1 aliphatic carbocycles. The predicted octanol–water partition coefficient (Wildman–Crippen LogP) is 1.36. The molecule has 1 heterocycles. The summed E-state index contributed by atoms with van der Waals surface area (Å²) < 4.78 is 0. The molecule has 4 N–H and O–H groups in total. The zero-order valence-corrected chi connectivity index (χ0v) is 17.6. The number of carboxylic acid groups (broad SMARTS) is 2. The van der Waals surface area contributed by atoms with E-state index in [1.807, 2.05) is 0 Å². The maximum absolute atomic E-state index is 13.1. The van der Waals surface area contributed by atoms with E-state index in [0.29, 0.717) is 32.1 Å². The van der Waals surface area contributed by atoms with Crippen LogP contribution in [-0.2, 0) is 14.4 Å². The minimum Gasteiger partial charge on any atom is -0.481 e. The van der Waals surface area contributed by atoms with E-state index in [0.717, 1.165) is 24.2 Å². The second-order valence-electron chi connectivity index (χ2n) is 7.53. The van der Waals surface area contributed by atoms with E-state index in [2.05, 4.69) is 17.9 Å². The summed E-state index contributed by atoms with van der Waals surface area (Å²) in [4.78, 5) is 49.8. The molecule has 2 fully saturated rings. The van der Waals surface area contributed by atoms with Gasteiger partial charge in [0, 0.05) is 19.0 Å². The molecular weight excluding hydrogens is 414 g/mol. The van der Waals surface area contributed by atoms with Gasteiger partial charge in [0.05, 0.1) is 10.6 Å². The van der Waals surface area contributed by atoms with Gasteiger partial charge in [-0.1, -0.05) is 25.7 Å². The lowest BCUT2D eigenvalue weighted by Crippen LogP contribution is -2.62. The molecule has 10 nitrogen and oxygen atoms in total. The fraction of sp³-hybridized carbons (Fsp3) is 0.684. The maximum atomic E-state index is 13.1. The molecule has 1 atom stereocenters. The summed E-state index contributed by atoms with van der Waals surface area (Å²) in [6.07, 6.45) is 4.18. The number of nitrogens with zero attached hydrogens (tertiary/aromatic N) is 2. The first-order valence-corrected chi connectivity index (χ1v) is 10.6. The van der Waals surface area contributed by atoms with Gasteiger partial charge in [-0.15, -0.1) is 12.6 Å². The van der Waals surface area contributed by atoms with E-state index in [1.165, 1.54) is 4.90 Å². The van der Waals surface area contributed by atoms with Gasteiger partial charge in [-0.05, 0) is 25.7 Å². The van der Waals surface area contributed by atoms with Crippen LogP contribution in [0.3, 0.4) is 0 Å². The van der Waals surface area contributed by atoms with Crippen LogP contribution in [0.15, 0.2) is 10.6 Å². The third-order valence-corrected chi connectivity index (χ3v) is 5.75. The summed E-state index contributed by atoms with van der Waals surface area (Å²) in [6.45, 7) is -0.411. The Hall–Kier alpha value is -2.27. The Balaban J connectivity index is 2.22. The van der Waals surface area contributed by atoms with Crippen molar-refractivity contribution in [1.82, 2.24) is 15.1 Å². The molecule has 168 valence electrons. The number of aliphatic hydroxyl groups excluding tert-OH is 1. The number of thiol groups is 1. The number of aliphatic hydroxyl groups is 1. The monoisotopic (exact) mass is 443 g/mol. The van der Waals surface area contributed by atoms with E-state index in [-0.39, 0.29) is 29.6 Å². The first-order valence-electron chi connectivity index (χ1n) is 10.2. The van der Waals surface area contributed by atoms with Crippen LogP contribution in [0.2, 0.25) is 0 Å². The zero-order chi connectivity index (χ0) is 22.3.